The minimum Gasteiger partial charge on any atom is -0.483 e. The number of carbonyl (C=O) groups is 1. The molecule has 0 bridgehead atoms. The number of hydrogen-bond donors (Lipinski definition) is 2. The smallest absolute Gasteiger partial charge is 0.257 e. The molecule has 0 aromatic heterocycles. The average molecular weight is 292 g/mol. The van der Waals surface area contributed by atoms with Gasteiger partial charge in [0.25, 0.3) is 5.91 Å². The fourth-order valence-corrected chi connectivity index (χ4v) is 2.05. The van der Waals surface area contributed by atoms with Gasteiger partial charge in [0, 0.05) is 18.7 Å². The molecule has 1 aromatic carbocycles. The molecule has 1 aromatic rings. The van der Waals surface area contributed by atoms with E-state index in [9.17, 15) is 4.79 Å². The van der Waals surface area contributed by atoms with Gasteiger partial charge in [0.1, 0.15) is 5.75 Å². The number of para-hydroxylation sites is 1. The highest BCUT2D eigenvalue weighted by atomic mass is 16.5. The molecule has 0 atom stereocenters. The molecule has 4 heteroatoms. The van der Waals surface area contributed by atoms with Gasteiger partial charge in [0.2, 0.25) is 0 Å². The lowest BCUT2D eigenvalue weighted by Gasteiger charge is -2.14. The van der Waals surface area contributed by atoms with E-state index in [1.165, 1.54) is 0 Å². The lowest BCUT2D eigenvalue weighted by molar-refractivity contribution is -0.123. The van der Waals surface area contributed by atoms with E-state index in [0.717, 1.165) is 55.8 Å². The number of aryl methyl sites for hydroxylation is 1. The van der Waals surface area contributed by atoms with Crippen LogP contribution >= 0.6 is 0 Å². The first-order valence-electron chi connectivity index (χ1n) is 7.87. The van der Waals surface area contributed by atoms with Crippen LogP contribution in [-0.4, -0.2) is 25.6 Å². The Balaban J connectivity index is 2.54. The zero-order valence-electron chi connectivity index (χ0n) is 13.5. The Morgan fingerprint density at radius 2 is 2.00 bits per heavy atom. The van der Waals surface area contributed by atoms with Crippen LogP contribution in [0.3, 0.4) is 0 Å². The summed E-state index contributed by atoms with van der Waals surface area (Å²) in [7, 11) is 0. The van der Waals surface area contributed by atoms with Crippen molar-refractivity contribution in [3.8, 4) is 5.75 Å². The van der Waals surface area contributed by atoms with Gasteiger partial charge in [-0.3, -0.25) is 4.79 Å². The summed E-state index contributed by atoms with van der Waals surface area (Å²) in [6.07, 6.45) is 3.18. The van der Waals surface area contributed by atoms with Crippen LogP contribution in [0.25, 0.3) is 0 Å². The van der Waals surface area contributed by atoms with Crippen LogP contribution in [0.5, 0.6) is 5.75 Å². The van der Waals surface area contributed by atoms with Crippen molar-refractivity contribution in [2.75, 3.05) is 19.7 Å². The third-order valence-corrected chi connectivity index (χ3v) is 3.24. The SMILES string of the molecule is CCCCNC(=O)COc1c(C)cccc1CNCCC. The summed E-state index contributed by atoms with van der Waals surface area (Å²) in [6.45, 7) is 8.79. The van der Waals surface area contributed by atoms with Gasteiger partial charge in [-0.1, -0.05) is 38.5 Å². The topological polar surface area (TPSA) is 50.4 Å². The second kappa shape index (κ2) is 10.2. The lowest BCUT2D eigenvalue weighted by Crippen LogP contribution is -2.30. The first kappa shape index (κ1) is 17.5. The first-order valence-corrected chi connectivity index (χ1v) is 7.87. The minimum absolute atomic E-state index is 0.0563. The second-order valence-corrected chi connectivity index (χ2v) is 5.23. The molecule has 0 saturated heterocycles. The van der Waals surface area contributed by atoms with E-state index >= 15 is 0 Å². The van der Waals surface area contributed by atoms with Crippen molar-refractivity contribution in [1.82, 2.24) is 10.6 Å². The maximum atomic E-state index is 11.7. The molecule has 0 heterocycles. The van der Waals surface area contributed by atoms with E-state index in [-0.39, 0.29) is 12.5 Å². The number of unbranched alkanes of at least 4 members (excludes halogenated alkanes) is 1. The molecule has 0 aliphatic heterocycles. The molecule has 0 fully saturated rings. The molecule has 0 radical (unpaired) electrons. The summed E-state index contributed by atoms with van der Waals surface area (Å²) in [5.74, 6) is 0.769. The van der Waals surface area contributed by atoms with Crippen molar-refractivity contribution in [2.24, 2.45) is 0 Å². The van der Waals surface area contributed by atoms with Gasteiger partial charge < -0.3 is 15.4 Å². The maximum Gasteiger partial charge on any atom is 0.257 e. The van der Waals surface area contributed by atoms with E-state index < -0.39 is 0 Å². The fraction of sp³-hybridized carbons (Fsp3) is 0.588. The molecule has 118 valence electrons. The van der Waals surface area contributed by atoms with Crippen molar-refractivity contribution in [1.29, 1.82) is 0 Å². The molecule has 21 heavy (non-hydrogen) atoms. The quantitative estimate of drug-likeness (QED) is 0.652. The minimum atomic E-state index is -0.0563. The maximum absolute atomic E-state index is 11.7. The lowest BCUT2D eigenvalue weighted by atomic mass is 10.1. The third kappa shape index (κ3) is 6.63. The van der Waals surface area contributed by atoms with Crippen molar-refractivity contribution in [2.45, 2.75) is 46.6 Å². The average Bonchev–Trinajstić information content (AvgIpc) is 2.47. The van der Waals surface area contributed by atoms with Crippen LogP contribution in [0.1, 0.15) is 44.2 Å². The summed E-state index contributed by atoms with van der Waals surface area (Å²) in [6, 6.07) is 6.07. The molecule has 0 spiro atoms. The Labute approximate surface area is 128 Å². The van der Waals surface area contributed by atoms with Crippen LogP contribution in [0.4, 0.5) is 0 Å². The van der Waals surface area contributed by atoms with E-state index in [0.29, 0.717) is 0 Å². The largest absolute Gasteiger partial charge is 0.483 e. The van der Waals surface area contributed by atoms with Crippen LogP contribution in [0.15, 0.2) is 18.2 Å². The monoisotopic (exact) mass is 292 g/mol. The Hall–Kier alpha value is -1.55. The van der Waals surface area contributed by atoms with Crippen LogP contribution in [0.2, 0.25) is 0 Å². The Bertz CT molecular complexity index is 433. The molecule has 1 amide bonds. The standard InChI is InChI=1S/C17H28N2O2/c1-4-6-11-19-16(20)13-21-17-14(3)8-7-9-15(17)12-18-10-5-2/h7-9,18H,4-6,10-13H2,1-3H3,(H,19,20). The number of amides is 1. The molecule has 0 aliphatic rings. The van der Waals surface area contributed by atoms with Crippen LogP contribution in [-0.2, 0) is 11.3 Å². The summed E-state index contributed by atoms with van der Waals surface area (Å²) in [5.41, 5.74) is 2.16. The number of nitrogens with one attached hydrogen (secondary N) is 2. The summed E-state index contributed by atoms with van der Waals surface area (Å²) < 4.78 is 5.74. The second-order valence-electron chi connectivity index (χ2n) is 5.23. The number of carbonyl (C=O) groups excluding carboxylic acids is 1. The molecule has 0 unspecified atom stereocenters. The molecule has 0 saturated carbocycles. The molecule has 0 aliphatic carbocycles. The number of ether oxygens (including phenoxy) is 1. The van der Waals surface area contributed by atoms with Crippen LogP contribution < -0.4 is 15.4 Å². The molecule has 4 nitrogen and oxygen atoms in total. The van der Waals surface area contributed by atoms with E-state index in [1.54, 1.807) is 0 Å². The van der Waals surface area contributed by atoms with Gasteiger partial charge in [-0.25, -0.2) is 0 Å². The van der Waals surface area contributed by atoms with Crippen LogP contribution in [0, 0.1) is 6.92 Å². The van der Waals surface area contributed by atoms with E-state index in [2.05, 4.69) is 24.5 Å². The first-order chi connectivity index (χ1) is 10.2. The highest BCUT2D eigenvalue weighted by molar-refractivity contribution is 5.77. The summed E-state index contributed by atoms with van der Waals surface area (Å²) >= 11 is 0. The molecular formula is C17H28N2O2. The summed E-state index contributed by atoms with van der Waals surface area (Å²) in [4.78, 5) is 11.7. The predicted octanol–water partition coefficient (Wildman–Crippen LogP) is 2.79. The summed E-state index contributed by atoms with van der Waals surface area (Å²) in [5, 5.41) is 6.23. The predicted molar refractivity (Wildman–Crippen MR) is 86.6 cm³/mol. The number of hydrogen-bond acceptors (Lipinski definition) is 3. The number of rotatable bonds is 10. The Morgan fingerprint density at radius 1 is 1.19 bits per heavy atom. The van der Waals surface area contributed by atoms with Crippen molar-refractivity contribution in [3.63, 3.8) is 0 Å². The van der Waals surface area contributed by atoms with Gasteiger partial charge in [-0.15, -0.1) is 0 Å². The molecule has 1 rings (SSSR count). The zero-order chi connectivity index (χ0) is 15.5. The van der Waals surface area contributed by atoms with Crippen molar-refractivity contribution in [3.05, 3.63) is 29.3 Å². The highest BCUT2D eigenvalue weighted by Gasteiger charge is 2.09. The van der Waals surface area contributed by atoms with Gasteiger partial charge in [0.05, 0.1) is 0 Å². The van der Waals surface area contributed by atoms with E-state index in [4.69, 9.17) is 4.74 Å². The Morgan fingerprint density at radius 3 is 2.71 bits per heavy atom. The third-order valence-electron chi connectivity index (χ3n) is 3.24. The van der Waals surface area contributed by atoms with Gasteiger partial charge in [-0.05, 0) is 31.9 Å². The molecular weight excluding hydrogens is 264 g/mol. The number of benzene rings is 1. The van der Waals surface area contributed by atoms with Gasteiger partial charge in [-0.2, -0.15) is 0 Å². The Kier molecular flexibility index (Phi) is 8.51. The molecule has 2 N–H and O–H groups in total. The van der Waals surface area contributed by atoms with Crippen molar-refractivity contribution < 1.29 is 9.53 Å². The highest BCUT2D eigenvalue weighted by Crippen LogP contribution is 2.23. The van der Waals surface area contributed by atoms with Gasteiger partial charge >= 0.3 is 0 Å². The zero-order valence-corrected chi connectivity index (χ0v) is 13.5. The normalized spacial score (nSPS) is 10.4. The van der Waals surface area contributed by atoms with Gasteiger partial charge in [0.15, 0.2) is 6.61 Å². The van der Waals surface area contributed by atoms with E-state index in [1.807, 2.05) is 25.1 Å². The van der Waals surface area contributed by atoms with Crippen molar-refractivity contribution >= 4 is 5.91 Å². The fourth-order valence-electron chi connectivity index (χ4n) is 2.05.